The number of hydrogen-bond donors (Lipinski definition) is 0. The van der Waals surface area contributed by atoms with E-state index in [-0.39, 0.29) is 0 Å². The van der Waals surface area contributed by atoms with Crippen LogP contribution in [0.4, 0.5) is 17.1 Å². The van der Waals surface area contributed by atoms with Crippen molar-refractivity contribution in [3.05, 3.63) is 200 Å². The van der Waals surface area contributed by atoms with Gasteiger partial charge in [0.05, 0.1) is 0 Å². The van der Waals surface area contributed by atoms with Crippen LogP contribution in [0.2, 0.25) is 0 Å². The zero-order chi connectivity index (χ0) is 33.3. The summed E-state index contributed by atoms with van der Waals surface area (Å²) < 4.78 is 6.36. The van der Waals surface area contributed by atoms with Gasteiger partial charge in [-0.3, -0.25) is 0 Å². The Morgan fingerprint density at radius 3 is 1.18 bits per heavy atom. The highest BCUT2D eigenvalue weighted by Gasteiger charge is 2.17. The van der Waals surface area contributed by atoms with Gasteiger partial charge in [0.15, 0.2) is 0 Å². The molecule has 0 bridgehead atoms. The molecule has 0 aliphatic carbocycles. The van der Waals surface area contributed by atoms with E-state index in [0.717, 1.165) is 50.1 Å². The summed E-state index contributed by atoms with van der Waals surface area (Å²) in [6, 6.07) is 71.1. The third kappa shape index (κ3) is 5.53. The van der Waals surface area contributed by atoms with Gasteiger partial charge < -0.3 is 9.32 Å². The van der Waals surface area contributed by atoms with Gasteiger partial charge in [0.1, 0.15) is 11.2 Å². The van der Waals surface area contributed by atoms with Crippen LogP contribution in [0.3, 0.4) is 0 Å². The van der Waals surface area contributed by atoms with E-state index in [1.54, 1.807) is 0 Å². The van der Waals surface area contributed by atoms with Crippen molar-refractivity contribution >= 4 is 39.0 Å². The molecule has 236 valence electrons. The predicted molar refractivity (Wildman–Crippen MR) is 210 cm³/mol. The normalized spacial score (nSPS) is 11.2. The number of furan rings is 1. The van der Waals surface area contributed by atoms with E-state index in [9.17, 15) is 0 Å². The zero-order valence-corrected chi connectivity index (χ0v) is 27.4. The van der Waals surface area contributed by atoms with Crippen LogP contribution in [0.15, 0.2) is 205 Å². The lowest BCUT2D eigenvalue weighted by Crippen LogP contribution is -2.09. The molecular weight excluding hydrogens is 607 g/mol. The van der Waals surface area contributed by atoms with Crippen molar-refractivity contribution in [3.8, 4) is 44.5 Å². The summed E-state index contributed by atoms with van der Waals surface area (Å²) in [5.41, 5.74) is 14.5. The minimum atomic E-state index is 0.892. The molecular formula is C48H33NO. The molecule has 0 radical (unpaired) electrons. The first-order chi connectivity index (χ1) is 24.8. The summed E-state index contributed by atoms with van der Waals surface area (Å²) in [6.07, 6.45) is 0. The van der Waals surface area contributed by atoms with Gasteiger partial charge in [-0.1, -0.05) is 146 Å². The standard InChI is InChI=1S/C48H33NO/c1-4-12-34(13-5-1)36-20-26-40(27-21-36)49(41-28-22-37(23-29-41)35-14-6-2-7-15-35)42-30-24-39(25-31-42)45-33-48-46(43-18-10-11-19-47(43)50-48)32-44(45)38-16-8-3-9-17-38/h1-33H. The monoisotopic (exact) mass is 639 g/mol. The summed E-state index contributed by atoms with van der Waals surface area (Å²) in [5.74, 6) is 0. The average molecular weight is 640 g/mol. The third-order valence-corrected chi connectivity index (χ3v) is 9.50. The van der Waals surface area contributed by atoms with Crippen molar-refractivity contribution in [2.45, 2.75) is 0 Å². The van der Waals surface area contributed by atoms with Crippen LogP contribution < -0.4 is 4.90 Å². The molecule has 2 nitrogen and oxygen atoms in total. The van der Waals surface area contributed by atoms with Crippen LogP contribution in [0, 0.1) is 0 Å². The number of rotatable bonds is 7. The number of anilines is 3. The largest absolute Gasteiger partial charge is 0.456 e. The van der Waals surface area contributed by atoms with Crippen molar-refractivity contribution in [3.63, 3.8) is 0 Å². The lowest BCUT2D eigenvalue weighted by Gasteiger charge is -2.26. The topological polar surface area (TPSA) is 16.4 Å². The van der Waals surface area contributed by atoms with Crippen LogP contribution in [0.1, 0.15) is 0 Å². The van der Waals surface area contributed by atoms with E-state index >= 15 is 0 Å². The molecule has 0 spiro atoms. The Balaban J connectivity index is 1.14. The molecule has 1 aromatic heterocycles. The number of benzene rings is 8. The fourth-order valence-corrected chi connectivity index (χ4v) is 6.97. The molecule has 9 aromatic rings. The van der Waals surface area contributed by atoms with Gasteiger partial charge in [-0.25, -0.2) is 0 Å². The lowest BCUT2D eigenvalue weighted by molar-refractivity contribution is 0.669. The molecule has 0 aliphatic heterocycles. The molecule has 0 saturated heterocycles. The van der Waals surface area contributed by atoms with Crippen LogP contribution in [-0.4, -0.2) is 0 Å². The van der Waals surface area contributed by atoms with Gasteiger partial charge in [-0.2, -0.15) is 0 Å². The van der Waals surface area contributed by atoms with Gasteiger partial charge in [-0.15, -0.1) is 0 Å². The summed E-state index contributed by atoms with van der Waals surface area (Å²) in [4.78, 5) is 2.33. The third-order valence-electron chi connectivity index (χ3n) is 9.50. The summed E-state index contributed by atoms with van der Waals surface area (Å²) in [5, 5.41) is 2.26. The fraction of sp³-hybridized carbons (Fsp3) is 0. The first-order valence-corrected chi connectivity index (χ1v) is 17.0. The molecule has 50 heavy (non-hydrogen) atoms. The van der Waals surface area contributed by atoms with Gasteiger partial charge in [0.25, 0.3) is 0 Å². The van der Waals surface area contributed by atoms with E-state index in [1.807, 2.05) is 12.1 Å². The maximum atomic E-state index is 6.36. The van der Waals surface area contributed by atoms with Crippen molar-refractivity contribution in [1.82, 2.24) is 0 Å². The van der Waals surface area contributed by atoms with E-state index in [1.165, 1.54) is 33.4 Å². The quantitative estimate of drug-likeness (QED) is 0.173. The SMILES string of the molecule is c1ccc(-c2ccc(N(c3ccc(-c4ccccc4)cc3)c3ccc(-c4cc5oc6ccccc6c5cc4-c4ccccc4)cc3)cc2)cc1. The van der Waals surface area contributed by atoms with E-state index in [0.29, 0.717) is 0 Å². The molecule has 0 fully saturated rings. The highest BCUT2D eigenvalue weighted by molar-refractivity contribution is 6.08. The highest BCUT2D eigenvalue weighted by Crippen LogP contribution is 2.42. The molecule has 2 heteroatoms. The molecule has 0 amide bonds. The Morgan fingerprint density at radius 1 is 0.280 bits per heavy atom. The second-order valence-electron chi connectivity index (χ2n) is 12.6. The zero-order valence-electron chi connectivity index (χ0n) is 27.4. The summed E-state index contributed by atoms with van der Waals surface area (Å²) in [7, 11) is 0. The minimum absolute atomic E-state index is 0.892. The van der Waals surface area contributed by atoms with Gasteiger partial charge in [0.2, 0.25) is 0 Å². The fourth-order valence-electron chi connectivity index (χ4n) is 6.97. The first-order valence-electron chi connectivity index (χ1n) is 17.0. The summed E-state index contributed by atoms with van der Waals surface area (Å²) >= 11 is 0. The Morgan fingerprint density at radius 2 is 0.660 bits per heavy atom. The summed E-state index contributed by atoms with van der Waals surface area (Å²) in [6.45, 7) is 0. The van der Waals surface area contributed by atoms with Gasteiger partial charge >= 0.3 is 0 Å². The second-order valence-corrected chi connectivity index (χ2v) is 12.6. The lowest BCUT2D eigenvalue weighted by atomic mass is 9.92. The molecule has 0 N–H and O–H groups in total. The molecule has 0 aliphatic rings. The van der Waals surface area contributed by atoms with Crippen LogP contribution in [0.5, 0.6) is 0 Å². The second kappa shape index (κ2) is 12.8. The van der Waals surface area contributed by atoms with Gasteiger partial charge in [0, 0.05) is 27.8 Å². The van der Waals surface area contributed by atoms with E-state index in [2.05, 4.69) is 193 Å². The molecule has 1 heterocycles. The van der Waals surface area contributed by atoms with E-state index in [4.69, 9.17) is 4.42 Å². The van der Waals surface area contributed by atoms with Crippen molar-refractivity contribution in [1.29, 1.82) is 0 Å². The Hall–Kier alpha value is -6.64. The Labute approximate surface area is 292 Å². The maximum absolute atomic E-state index is 6.36. The first kappa shape index (κ1) is 29.5. The van der Waals surface area contributed by atoms with Crippen LogP contribution in [0.25, 0.3) is 66.4 Å². The number of fused-ring (bicyclic) bond motifs is 3. The number of para-hydroxylation sites is 1. The Bertz CT molecular complexity index is 2450. The molecule has 9 rings (SSSR count). The van der Waals surface area contributed by atoms with Crippen molar-refractivity contribution < 1.29 is 4.42 Å². The van der Waals surface area contributed by atoms with Crippen LogP contribution >= 0.6 is 0 Å². The maximum Gasteiger partial charge on any atom is 0.136 e. The molecule has 0 atom stereocenters. The number of hydrogen-bond acceptors (Lipinski definition) is 2. The highest BCUT2D eigenvalue weighted by atomic mass is 16.3. The van der Waals surface area contributed by atoms with Crippen molar-refractivity contribution in [2.75, 3.05) is 4.90 Å². The minimum Gasteiger partial charge on any atom is -0.456 e. The molecule has 0 unspecified atom stereocenters. The van der Waals surface area contributed by atoms with E-state index < -0.39 is 0 Å². The smallest absolute Gasteiger partial charge is 0.136 e. The van der Waals surface area contributed by atoms with Crippen LogP contribution in [-0.2, 0) is 0 Å². The Kier molecular flexibility index (Phi) is 7.53. The van der Waals surface area contributed by atoms with Crippen molar-refractivity contribution in [2.24, 2.45) is 0 Å². The molecule has 8 aromatic carbocycles. The van der Waals surface area contributed by atoms with Gasteiger partial charge in [-0.05, 0) is 99.1 Å². The predicted octanol–water partition coefficient (Wildman–Crippen LogP) is 13.7. The number of nitrogens with zero attached hydrogens (tertiary/aromatic N) is 1. The average Bonchev–Trinajstić information content (AvgIpc) is 3.57. The molecule has 0 saturated carbocycles.